The van der Waals surface area contributed by atoms with E-state index in [4.69, 9.17) is 10.5 Å². The second kappa shape index (κ2) is 8.52. The van der Waals surface area contributed by atoms with Crippen molar-refractivity contribution in [3.63, 3.8) is 0 Å². The number of nitrogens with zero attached hydrogens (tertiary/aromatic N) is 2. The topological polar surface area (TPSA) is 79.3 Å². The van der Waals surface area contributed by atoms with Crippen molar-refractivity contribution in [3.8, 4) is 11.8 Å². The highest BCUT2D eigenvalue weighted by atomic mass is 19.1. The molecule has 2 N–H and O–H groups in total. The van der Waals surface area contributed by atoms with Crippen LogP contribution in [0.15, 0.2) is 42.5 Å². The molecule has 5 nitrogen and oxygen atoms in total. The second-order valence-electron chi connectivity index (χ2n) is 7.80. The van der Waals surface area contributed by atoms with Crippen LogP contribution in [0, 0.1) is 23.1 Å². The van der Waals surface area contributed by atoms with Gasteiger partial charge in [-0.15, -0.1) is 0 Å². The van der Waals surface area contributed by atoms with Crippen molar-refractivity contribution in [1.29, 1.82) is 5.26 Å². The maximum atomic E-state index is 13.5. The van der Waals surface area contributed by atoms with Crippen LogP contribution in [0.3, 0.4) is 0 Å². The Labute approximate surface area is 170 Å². The summed E-state index contributed by atoms with van der Waals surface area (Å²) in [6.07, 6.45) is 1.39. The Morgan fingerprint density at radius 2 is 1.93 bits per heavy atom. The fourth-order valence-electron chi connectivity index (χ4n) is 4.27. The van der Waals surface area contributed by atoms with Gasteiger partial charge in [0.2, 0.25) is 5.91 Å². The summed E-state index contributed by atoms with van der Waals surface area (Å²) < 4.78 is 19.4. The first-order valence-corrected chi connectivity index (χ1v) is 9.80. The van der Waals surface area contributed by atoms with Gasteiger partial charge in [-0.05, 0) is 62.6 Å². The molecular formula is C23H26FN3O2. The first kappa shape index (κ1) is 20.7. The van der Waals surface area contributed by atoms with E-state index in [1.54, 1.807) is 30.3 Å². The van der Waals surface area contributed by atoms with Gasteiger partial charge in [-0.3, -0.25) is 4.79 Å². The minimum atomic E-state index is -0.348. The third-order valence-corrected chi connectivity index (χ3v) is 5.57. The third kappa shape index (κ3) is 4.34. The summed E-state index contributed by atoms with van der Waals surface area (Å²) in [7, 11) is 1.94. The Morgan fingerprint density at radius 1 is 1.24 bits per heavy atom. The lowest BCUT2D eigenvalue weighted by atomic mass is 9.85. The van der Waals surface area contributed by atoms with Crippen LogP contribution in [0.4, 0.5) is 10.1 Å². The van der Waals surface area contributed by atoms with Gasteiger partial charge in [0.1, 0.15) is 11.6 Å². The van der Waals surface area contributed by atoms with Crippen LogP contribution in [0.25, 0.3) is 0 Å². The van der Waals surface area contributed by atoms with E-state index >= 15 is 0 Å². The van der Waals surface area contributed by atoms with Gasteiger partial charge in [-0.25, -0.2) is 4.39 Å². The lowest BCUT2D eigenvalue weighted by Gasteiger charge is -2.34. The van der Waals surface area contributed by atoms with Gasteiger partial charge in [-0.2, -0.15) is 5.26 Å². The summed E-state index contributed by atoms with van der Waals surface area (Å²) in [6.45, 7) is 3.89. The molecule has 0 aromatic heterocycles. The lowest BCUT2D eigenvalue weighted by molar-refractivity contribution is -0.122. The normalized spacial score (nSPS) is 21.0. The number of carbonyl (C=O) groups excluding carboxylic acids is 1. The van der Waals surface area contributed by atoms with Crippen molar-refractivity contribution in [2.45, 2.75) is 44.8 Å². The highest BCUT2D eigenvalue weighted by Crippen LogP contribution is 2.45. The molecular weight excluding hydrogens is 369 g/mol. The van der Waals surface area contributed by atoms with Crippen molar-refractivity contribution < 1.29 is 13.9 Å². The average Bonchev–Trinajstić information content (AvgIpc) is 3.13. The molecule has 6 heteroatoms. The summed E-state index contributed by atoms with van der Waals surface area (Å²) in [5, 5.41) is 9.35. The number of primary amides is 1. The summed E-state index contributed by atoms with van der Waals surface area (Å²) >= 11 is 0. The summed E-state index contributed by atoms with van der Waals surface area (Å²) in [6, 6.07) is 13.7. The molecule has 0 heterocycles. The van der Waals surface area contributed by atoms with Gasteiger partial charge >= 0.3 is 0 Å². The number of benzene rings is 2. The fourth-order valence-corrected chi connectivity index (χ4v) is 4.27. The number of halogens is 1. The predicted octanol–water partition coefficient (Wildman–Crippen LogP) is 3.97. The predicted molar refractivity (Wildman–Crippen MR) is 110 cm³/mol. The minimum absolute atomic E-state index is 0.0232. The van der Waals surface area contributed by atoms with Gasteiger partial charge in [0.15, 0.2) is 0 Å². The van der Waals surface area contributed by atoms with Crippen molar-refractivity contribution in [3.05, 3.63) is 59.4 Å². The van der Waals surface area contributed by atoms with E-state index in [0.717, 1.165) is 17.7 Å². The van der Waals surface area contributed by atoms with E-state index in [1.165, 1.54) is 12.1 Å². The van der Waals surface area contributed by atoms with E-state index < -0.39 is 0 Å². The number of amides is 1. The third-order valence-electron chi connectivity index (χ3n) is 5.57. The molecule has 1 fully saturated rings. The van der Waals surface area contributed by atoms with Crippen molar-refractivity contribution >= 4 is 11.6 Å². The van der Waals surface area contributed by atoms with Gasteiger partial charge in [0.25, 0.3) is 0 Å². The monoisotopic (exact) mass is 395 g/mol. The molecule has 1 amide bonds. The molecule has 0 spiro atoms. The molecule has 0 radical (unpaired) electrons. The molecule has 1 saturated carbocycles. The molecule has 29 heavy (non-hydrogen) atoms. The Balaban J connectivity index is 2.02. The smallest absolute Gasteiger partial charge is 0.221 e. The largest absolute Gasteiger partial charge is 0.489 e. The Hall–Kier alpha value is -3.07. The van der Waals surface area contributed by atoms with Crippen molar-refractivity contribution in [2.75, 3.05) is 11.9 Å². The minimum Gasteiger partial charge on any atom is -0.489 e. The zero-order chi connectivity index (χ0) is 21.1. The van der Waals surface area contributed by atoms with Crippen LogP contribution < -0.4 is 15.4 Å². The summed E-state index contributed by atoms with van der Waals surface area (Å²) in [5.74, 6) is -0.486. The van der Waals surface area contributed by atoms with E-state index in [1.807, 2.05) is 20.9 Å². The van der Waals surface area contributed by atoms with Crippen LogP contribution in [0.1, 0.15) is 43.7 Å². The SMILES string of the molecule is CC(C)Oc1ccc(C#N)cc1N(C)[C@H]1CC[C@H](C(N)=O)[C@H]1c1ccc(F)cc1. The molecule has 0 aliphatic heterocycles. The van der Waals surface area contributed by atoms with Gasteiger partial charge in [0, 0.05) is 24.9 Å². The Morgan fingerprint density at radius 3 is 2.52 bits per heavy atom. The van der Waals surface area contributed by atoms with Crippen LogP contribution in [0.5, 0.6) is 5.75 Å². The molecule has 3 rings (SSSR count). The van der Waals surface area contributed by atoms with E-state index in [-0.39, 0.29) is 35.7 Å². The molecule has 2 aromatic carbocycles. The zero-order valence-electron chi connectivity index (χ0n) is 16.9. The van der Waals surface area contributed by atoms with Crippen LogP contribution >= 0.6 is 0 Å². The second-order valence-corrected chi connectivity index (χ2v) is 7.80. The van der Waals surface area contributed by atoms with E-state index in [0.29, 0.717) is 17.7 Å². The molecule has 0 bridgehead atoms. The quantitative estimate of drug-likeness (QED) is 0.803. The number of nitriles is 1. The number of ether oxygens (including phenoxy) is 1. The highest BCUT2D eigenvalue weighted by Gasteiger charge is 2.42. The van der Waals surface area contributed by atoms with Gasteiger partial charge in [0.05, 0.1) is 23.4 Å². The number of anilines is 1. The van der Waals surface area contributed by atoms with Crippen LogP contribution in [-0.4, -0.2) is 25.1 Å². The zero-order valence-corrected chi connectivity index (χ0v) is 16.9. The Kier molecular flexibility index (Phi) is 6.07. The fraction of sp³-hybridized carbons (Fsp3) is 0.391. The summed E-state index contributed by atoms with van der Waals surface area (Å²) in [5.41, 5.74) is 7.91. The number of nitrogens with two attached hydrogens (primary N) is 1. The first-order valence-electron chi connectivity index (χ1n) is 9.80. The number of carbonyl (C=O) groups is 1. The Bertz CT molecular complexity index is 921. The molecule has 3 atom stereocenters. The first-order chi connectivity index (χ1) is 13.8. The van der Waals surface area contributed by atoms with Crippen molar-refractivity contribution in [2.24, 2.45) is 11.7 Å². The van der Waals surface area contributed by atoms with Crippen LogP contribution in [-0.2, 0) is 4.79 Å². The molecule has 1 aliphatic rings. The summed E-state index contributed by atoms with van der Waals surface area (Å²) in [4.78, 5) is 14.2. The highest BCUT2D eigenvalue weighted by molar-refractivity contribution is 5.79. The van der Waals surface area contributed by atoms with Crippen molar-refractivity contribution in [1.82, 2.24) is 0 Å². The molecule has 1 aliphatic carbocycles. The maximum absolute atomic E-state index is 13.5. The number of hydrogen-bond donors (Lipinski definition) is 1. The average molecular weight is 395 g/mol. The number of likely N-dealkylation sites (N-methyl/N-ethyl adjacent to an activating group) is 1. The van der Waals surface area contributed by atoms with E-state index in [2.05, 4.69) is 11.0 Å². The van der Waals surface area contributed by atoms with Gasteiger partial charge in [-0.1, -0.05) is 12.1 Å². The molecule has 0 saturated heterocycles. The van der Waals surface area contributed by atoms with Gasteiger partial charge < -0.3 is 15.4 Å². The lowest BCUT2D eigenvalue weighted by Crippen LogP contribution is -2.38. The van der Waals surface area contributed by atoms with Crippen LogP contribution in [0.2, 0.25) is 0 Å². The van der Waals surface area contributed by atoms with E-state index in [9.17, 15) is 14.4 Å². The maximum Gasteiger partial charge on any atom is 0.221 e. The molecule has 2 aromatic rings. The number of hydrogen-bond acceptors (Lipinski definition) is 4. The standard InChI is InChI=1S/C23H26FN3O2/c1-14(2)29-21-11-4-15(13-25)12-20(21)27(3)19-10-9-18(23(26)28)22(19)16-5-7-17(24)8-6-16/h4-8,11-12,14,18-19,22H,9-10H2,1-3H3,(H2,26,28)/t18-,19-,22+/m0/s1. The molecule has 152 valence electrons. The number of rotatable bonds is 6. The molecule has 0 unspecified atom stereocenters.